The first-order valence-electron chi connectivity index (χ1n) is 8.73. The number of benzene rings is 1. The van der Waals surface area contributed by atoms with E-state index in [9.17, 15) is 0 Å². The molecular weight excluding hydrogens is 256 g/mol. The Morgan fingerprint density at radius 2 is 1.95 bits per heavy atom. The van der Waals surface area contributed by atoms with Crippen molar-refractivity contribution in [1.29, 1.82) is 0 Å². The van der Waals surface area contributed by atoms with E-state index in [0.29, 0.717) is 5.92 Å². The fourth-order valence-electron chi connectivity index (χ4n) is 4.40. The molecule has 2 nitrogen and oxygen atoms in total. The number of likely N-dealkylation sites (tertiary alicyclic amines) is 1. The quantitative estimate of drug-likeness (QED) is 0.857. The predicted octanol–water partition coefficient (Wildman–Crippen LogP) is 3.77. The first kappa shape index (κ1) is 15.1. The van der Waals surface area contributed by atoms with Crippen molar-refractivity contribution < 1.29 is 0 Å². The standard InChI is InChI=1S/C19H30N2/c1-16-6-5-11-19(15-20,12-9-16)21-13-10-18(14-21)17-7-3-2-4-8-17/h2-4,7-8,16,18H,5-6,9-15,20H2,1H3. The van der Waals surface area contributed by atoms with Gasteiger partial charge in [-0.1, -0.05) is 50.1 Å². The molecule has 3 atom stereocenters. The van der Waals surface area contributed by atoms with Gasteiger partial charge in [-0.15, -0.1) is 0 Å². The van der Waals surface area contributed by atoms with Crippen molar-refractivity contribution in [3.63, 3.8) is 0 Å². The number of hydrogen-bond acceptors (Lipinski definition) is 2. The zero-order valence-electron chi connectivity index (χ0n) is 13.4. The molecule has 1 aromatic rings. The van der Waals surface area contributed by atoms with Crippen LogP contribution in [0.25, 0.3) is 0 Å². The molecule has 1 aliphatic heterocycles. The van der Waals surface area contributed by atoms with Crippen LogP contribution in [-0.4, -0.2) is 30.1 Å². The Morgan fingerprint density at radius 3 is 2.71 bits per heavy atom. The van der Waals surface area contributed by atoms with Gasteiger partial charge in [0.25, 0.3) is 0 Å². The van der Waals surface area contributed by atoms with Crippen molar-refractivity contribution in [1.82, 2.24) is 4.90 Å². The SMILES string of the molecule is CC1CCCC(CN)(N2CCC(c3ccccc3)C2)CC1. The first-order valence-corrected chi connectivity index (χ1v) is 8.73. The van der Waals surface area contributed by atoms with Crippen molar-refractivity contribution in [3.05, 3.63) is 35.9 Å². The molecule has 21 heavy (non-hydrogen) atoms. The molecule has 0 radical (unpaired) electrons. The van der Waals surface area contributed by atoms with Crippen molar-refractivity contribution in [2.24, 2.45) is 11.7 Å². The Labute approximate surface area is 129 Å². The molecular formula is C19H30N2. The summed E-state index contributed by atoms with van der Waals surface area (Å²) in [7, 11) is 0. The molecule has 3 unspecified atom stereocenters. The van der Waals surface area contributed by atoms with E-state index in [1.54, 1.807) is 0 Å². The lowest BCUT2D eigenvalue weighted by Gasteiger charge is -2.41. The second kappa shape index (κ2) is 6.50. The molecule has 116 valence electrons. The van der Waals surface area contributed by atoms with E-state index >= 15 is 0 Å². The number of nitrogens with zero attached hydrogens (tertiary/aromatic N) is 1. The summed E-state index contributed by atoms with van der Waals surface area (Å²) < 4.78 is 0. The van der Waals surface area contributed by atoms with Crippen LogP contribution in [0.15, 0.2) is 30.3 Å². The van der Waals surface area contributed by atoms with E-state index in [4.69, 9.17) is 5.73 Å². The lowest BCUT2D eigenvalue weighted by molar-refractivity contribution is 0.103. The molecule has 3 rings (SSSR count). The first-order chi connectivity index (χ1) is 10.2. The summed E-state index contributed by atoms with van der Waals surface area (Å²) in [6.07, 6.45) is 7.98. The van der Waals surface area contributed by atoms with Gasteiger partial charge in [0.2, 0.25) is 0 Å². The summed E-state index contributed by atoms with van der Waals surface area (Å²) in [5.41, 5.74) is 8.07. The van der Waals surface area contributed by atoms with E-state index in [2.05, 4.69) is 42.2 Å². The highest BCUT2D eigenvalue weighted by Gasteiger charge is 2.40. The van der Waals surface area contributed by atoms with Crippen LogP contribution >= 0.6 is 0 Å². The molecule has 0 amide bonds. The third-order valence-corrected chi connectivity index (χ3v) is 5.95. The van der Waals surface area contributed by atoms with Gasteiger partial charge in [0.05, 0.1) is 0 Å². The van der Waals surface area contributed by atoms with Gasteiger partial charge in [0.15, 0.2) is 0 Å². The molecule has 2 heteroatoms. The molecule has 2 N–H and O–H groups in total. The van der Waals surface area contributed by atoms with Crippen molar-refractivity contribution >= 4 is 0 Å². The smallest absolute Gasteiger partial charge is 0.0332 e. The molecule has 0 spiro atoms. The molecule has 1 heterocycles. The number of rotatable bonds is 3. The molecule has 0 bridgehead atoms. The second-order valence-corrected chi connectivity index (χ2v) is 7.31. The van der Waals surface area contributed by atoms with Gasteiger partial charge in [0.1, 0.15) is 0 Å². The summed E-state index contributed by atoms with van der Waals surface area (Å²) in [5, 5.41) is 0. The Bertz CT molecular complexity index is 444. The molecule has 2 aliphatic rings. The van der Waals surface area contributed by atoms with Crippen molar-refractivity contribution in [3.8, 4) is 0 Å². The minimum atomic E-state index is 0.286. The van der Waals surface area contributed by atoms with Gasteiger partial charge in [-0.25, -0.2) is 0 Å². The largest absolute Gasteiger partial charge is 0.329 e. The maximum absolute atomic E-state index is 6.28. The van der Waals surface area contributed by atoms with Crippen LogP contribution < -0.4 is 5.73 Å². The van der Waals surface area contributed by atoms with Gasteiger partial charge in [-0.05, 0) is 49.6 Å². The maximum atomic E-state index is 6.28. The minimum absolute atomic E-state index is 0.286. The highest BCUT2D eigenvalue weighted by Crippen LogP contribution is 2.39. The van der Waals surface area contributed by atoms with E-state index in [1.165, 1.54) is 57.2 Å². The summed E-state index contributed by atoms with van der Waals surface area (Å²) >= 11 is 0. The fourth-order valence-corrected chi connectivity index (χ4v) is 4.40. The van der Waals surface area contributed by atoms with Gasteiger partial charge in [-0.3, -0.25) is 4.90 Å². The number of nitrogens with two attached hydrogens (primary N) is 1. The van der Waals surface area contributed by atoms with Crippen LogP contribution in [0.3, 0.4) is 0 Å². The van der Waals surface area contributed by atoms with Gasteiger partial charge >= 0.3 is 0 Å². The summed E-state index contributed by atoms with van der Waals surface area (Å²) in [6, 6.07) is 11.0. The third kappa shape index (κ3) is 3.17. The molecule has 1 saturated heterocycles. The Hall–Kier alpha value is -0.860. The number of hydrogen-bond donors (Lipinski definition) is 1. The Morgan fingerprint density at radius 1 is 1.14 bits per heavy atom. The van der Waals surface area contributed by atoms with Crippen LogP contribution in [0, 0.1) is 5.92 Å². The van der Waals surface area contributed by atoms with Gasteiger partial charge in [-0.2, -0.15) is 0 Å². The van der Waals surface area contributed by atoms with Crippen LogP contribution in [0.5, 0.6) is 0 Å². The normalized spacial score (nSPS) is 34.8. The second-order valence-electron chi connectivity index (χ2n) is 7.31. The minimum Gasteiger partial charge on any atom is -0.329 e. The van der Waals surface area contributed by atoms with E-state index in [-0.39, 0.29) is 5.54 Å². The summed E-state index contributed by atoms with van der Waals surface area (Å²) in [4.78, 5) is 2.74. The lowest BCUT2D eigenvalue weighted by atomic mass is 9.87. The molecule has 1 saturated carbocycles. The molecule has 2 fully saturated rings. The van der Waals surface area contributed by atoms with Crippen LogP contribution in [0.1, 0.15) is 56.9 Å². The zero-order valence-corrected chi connectivity index (χ0v) is 13.4. The predicted molar refractivity (Wildman–Crippen MR) is 89.4 cm³/mol. The summed E-state index contributed by atoms with van der Waals surface area (Å²) in [5.74, 6) is 1.58. The maximum Gasteiger partial charge on any atom is 0.0332 e. The van der Waals surface area contributed by atoms with Gasteiger partial charge < -0.3 is 5.73 Å². The fraction of sp³-hybridized carbons (Fsp3) is 0.684. The average molecular weight is 286 g/mol. The highest BCUT2D eigenvalue weighted by atomic mass is 15.2. The highest BCUT2D eigenvalue weighted by molar-refractivity contribution is 5.21. The molecule has 1 aromatic carbocycles. The van der Waals surface area contributed by atoms with E-state index < -0.39 is 0 Å². The lowest BCUT2D eigenvalue weighted by Crippen LogP contribution is -2.52. The van der Waals surface area contributed by atoms with Gasteiger partial charge in [0, 0.05) is 18.6 Å². The van der Waals surface area contributed by atoms with Crippen molar-refractivity contribution in [2.75, 3.05) is 19.6 Å². The van der Waals surface area contributed by atoms with Crippen molar-refractivity contribution in [2.45, 2.75) is 56.9 Å². The van der Waals surface area contributed by atoms with E-state index in [1.807, 2.05) is 0 Å². The Balaban J connectivity index is 1.71. The summed E-state index contributed by atoms with van der Waals surface area (Å²) in [6.45, 7) is 5.67. The van der Waals surface area contributed by atoms with E-state index in [0.717, 1.165) is 12.5 Å². The topological polar surface area (TPSA) is 29.3 Å². The monoisotopic (exact) mass is 286 g/mol. The van der Waals surface area contributed by atoms with Crippen LogP contribution in [0.2, 0.25) is 0 Å². The average Bonchev–Trinajstić information content (AvgIpc) is 2.94. The Kier molecular flexibility index (Phi) is 4.66. The molecule has 0 aromatic heterocycles. The van der Waals surface area contributed by atoms with Crippen LogP contribution in [0.4, 0.5) is 0 Å². The third-order valence-electron chi connectivity index (χ3n) is 5.95. The zero-order chi connectivity index (χ0) is 14.7. The van der Waals surface area contributed by atoms with Crippen LogP contribution in [-0.2, 0) is 0 Å². The molecule has 1 aliphatic carbocycles.